The normalized spacial score (nSPS) is 21.4. The third kappa shape index (κ3) is 1.71. The molecule has 0 spiro atoms. The Kier molecular flexibility index (Phi) is 2.94. The molecule has 2 rings (SSSR count). The second kappa shape index (κ2) is 4.10. The van der Waals surface area contributed by atoms with Crippen molar-refractivity contribution < 1.29 is 5.11 Å². The quantitative estimate of drug-likeness (QED) is 0.826. The zero-order valence-electron chi connectivity index (χ0n) is 10.6. The largest absolute Gasteiger partial charge is 0.389 e. The highest BCUT2D eigenvalue weighted by atomic mass is 16.3. The monoisotopic (exact) mass is 219 g/mol. The maximum Gasteiger partial charge on any atom is 0.0765 e. The van der Waals surface area contributed by atoms with Gasteiger partial charge in [0.25, 0.3) is 0 Å². The molecule has 0 saturated heterocycles. The lowest BCUT2D eigenvalue weighted by molar-refractivity contribution is 0.198. The Balaban J connectivity index is 2.51. The topological polar surface area (TPSA) is 23.5 Å². The minimum atomic E-state index is -0.371. The molecular formula is C14H21NO. The Hall–Kier alpha value is -1.02. The van der Waals surface area contributed by atoms with E-state index >= 15 is 0 Å². The van der Waals surface area contributed by atoms with Gasteiger partial charge in [-0.3, -0.25) is 0 Å². The molecule has 0 aromatic heterocycles. The van der Waals surface area contributed by atoms with Gasteiger partial charge in [0, 0.05) is 24.2 Å². The van der Waals surface area contributed by atoms with Crippen LogP contribution in [0.3, 0.4) is 0 Å². The van der Waals surface area contributed by atoms with Gasteiger partial charge in [-0.25, -0.2) is 0 Å². The molecule has 0 bridgehead atoms. The highest BCUT2D eigenvalue weighted by Gasteiger charge is 2.29. The molecule has 1 heterocycles. The van der Waals surface area contributed by atoms with Crippen LogP contribution in [0.2, 0.25) is 0 Å². The molecule has 1 aromatic rings. The molecule has 16 heavy (non-hydrogen) atoms. The van der Waals surface area contributed by atoms with Crippen molar-refractivity contribution in [3.05, 3.63) is 29.3 Å². The third-order valence-electron chi connectivity index (χ3n) is 3.46. The number of aliphatic hydroxyl groups excluding tert-OH is 1. The van der Waals surface area contributed by atoms with Crippen molar-refractivity contribution in [3.63, 3.8) is 0 Å². The average molecular weight is 219 g/mol. The van der Waals surface area contributed by atoms with E-state index in [-0.39, 0.29) is 6.10 Å². The Morgan fingerprint density at radius 1 is 1.31 bits per heavy atom. The Morgan fingerprint density at radius 2 is 2.00 bits per heavy atom. The van der Waals surface area contributed by atoms with E-state index in [0.717, 1.165) is 12.1 Å². The lowest BCUT2D eigenvalue weighted by Crippen LogP contribution is -2.28. The predicted octanol–water partition coefficient (Wildman–Crippen LogP) is 3.07. The number of nitrogens with zero attached hydrogens (tertiary/aromatic N) is 1. The van der Waals surface area contributed by atoms with Crippen LogP contribution in [0.1, 0.15) is 50.8 Å². The second-order valence-electron chi connectivity index (χ2n) is 5.10. The summed E-state index contributed by atoms with van der Waals surface area (Å²) in [7, 11) is 0. The molecular weight excluding hydrogens is 198 g/mol. The average Bonchev–Trinajstić information content (AvgIpc) is 2.56. The molecule has 0 radical (unpaired) electrons. The molecule has 2 heteroatoms. The summed E-state index contributed by atoms with van der Waals surface area (Å²) >= 11 is 0. The van der Waals surface area contributed by atoms with Gasteiger partial charge in [0.2, 0.25) is 0 Å². The van der Waals surface area contributed by atoms with E-state index in [2.05, 4.69) is 31.7 Å². The van der Waals surface area contributed by atoms with E-state index in [4.69, 9.17) is 0 Å². The highest BCUT2D eigenvalue weighted by Crippen LogP contribution is 2.41. The van der Waals surface area contributed by atoms with Gasteiger partial charge in [-0.05, 0) is 38.0 Å². The summed E-state index contributed by atoms with van der Waals surface area (Å²) in [6.07, 6.45) is -0.371. The molecule has 1 aliphatic rings. The molecule has 1 aromatic carbocycles. The van der Waals surface area contributed by atoms with Crippen LogP contribution >= 0.6 is 0 Å². The first kappa shape index (κ1) is 11.5. The van der Waals surface area contributed by atoms with Crippen molar-refractivity contribution in [2.75, 3.05) is 11.4 Å². The van der Waals surface area contributed by atoms with Crippen molar-refractivity contribution in [2.24, 2.45) is 0 Å². The van der Waals surface area contributed by atoms with Crippen molar-refractivity contribution in [1.29, 1.82) is 0 Å². The van der Waals surface area contributed by atoms with E-state index in [1.807, 2.05) is 19.1 Å². The predicted molar refractivity (Wildman–Crippen MR) is 68.0 cm³/mol. The summed E-state index contributed by atoms with van der Waals surface area (Å²) in [6.45, 7) is 9.60. The summed E-state index contributed by atoms with van der Waals surface area (Å²) in [5, 5.41) is 9.81. The standard InChI is InChI=1S/C14H21NO/c1-9(2)15-8-10(3)14-12(11(4)16)6-5-7-13(14)15/h5-7,9-11,16H,8H2,1-4H3. The number of hydrogen-bond acceptors (Lipinski definition) is 2. The van der Waals surface area contributed by atoms with Gasteiger partial charge in [-0.1, -0.05) is 19.1 Å². The lowest BCUT2D eigenvalue weighted by atomic mass is 9.95. The molecule has 88 valence electrons. The number of benzene rings is 1. The zero-order chi connectivity index (χ0) is 11.9. The highest BCUT2D eigenvalue weighted by molar-refractivity contribution is 5.63. The minimum Gasteiger partial charge on any atom is -0.389 e. The number of rotatable bonds is 2. The number of anilines is 1. The molecule has 0 aliphatic carbocycles. The van der Waals surface area contributed by atoms with Gasteiger partial charge < -0.3 is 10.0 Å². The van der Waals surface area contributed by atoms with Crippen molar-refractivity contribution in [1.82, 2.24) is 0 Å². The first-order chi connectivity index (χ1) is 7.52. The van der Waals surface area contributed by atoms with Crippen molar-refractivity contribution in [2.45, 2.75) is 45.8 Å². The first-order valence-electron chi connectivity index (χ1n) is 6.10. The van der Waals surface area contributed by atoms with Crippen LogP contribution in [-0.4, -0.2) is 17.7 Å². The Bertz CT molecular complexity index is 384. The summed E-state index contributed by atoms with van der Waals surface area (Å²) in [5.41, 5.74) is 3.74. The second-order valence-corrected chi connectivity index (χ2v) is 5.10. The van der Waals surface area contributed by atoms with Crippen molar-refractivity contribution >= 4 is 5.69 Å². The molecule has 0 fully saturated rings. The molecule has 1 N–H and O–H groups in total. The summed E-state index contributed by atoms with van der Waals surface area (Å²) in [4.78, 5) is 2.42. The van der Waals surface area contributed by atoms with Gasteiger partial charge in [0.15, 0.2) is 0 Å². The van der Waals surface area contributed by atoms with Crippen LogP contribution in [-0.2, 0) is 0 Å². The van der Waals surface area contributed by atoms with Gasteiger partial charge in [-0.15, -0.1) is 0 Å². The molecule has 0 saturated carbocycles. The van der Waals surface area contributed by atoms with Crippen LogP contribution in [0.5, 0.6) is 0 Å². The third-order valence-corrected chi connectivity index (χ3v) is 3.46. The van der Waals surface area contributed by atoms with Crippen LogP contribution in [0, 0.1) is 0 Å². The fourth-order valence-electron chi connectivity index (χ4n) is 2.70. The smallest absolute Gasteiger partial charge is 0.0765 e. The molecule has 1 aliphatic heterocycles. The first-order valence-corrected chi connectivity index (χ1v) is 6.10. The van der Waals surface area contributed by atoms with E-state index in [0.29, 0.717) is 12.0 Å². The number of fused-ring (bicyclic) bond motifs is 1. The minimum absolute atomic E-state index is 0.371. The van der Waals surface area contributed by atoms with E-state index in [1.165, 1.54) is 11.3 Å². The number of hydrogen-bond donors (Lipinski definition) is 1. The van der Waals surface area contributed by atoms with Gasteiger partial charge in [0.1, 0.15) is 0 Å². The van der Waals surface area contributed by atoms with E-state index in [9.17, 15) is 5.11 Å². The lowest BCUT2D eigenvalue weighted by Gasteiger charge is -2.24. The van der Waals surface area contributed by atoms with Crippen LogP contribution in [0.15, 0.2) is 18.2 Å². The Morgan fingerprint density at radius 3 is 2.56 bits per heavy atom. The summed E-state index contributed by atoms with van der Waals surface area (Å²) in [6, 6.07) is 6.79. The molecule has 2 nitrogen and oxygen atoms in total. The van der Waals surface area contributed by atoms with Crippen molar-refractivity contribution in [3.8, 4) is 0 Å². The van der Waals surface area contributed by atoms with Gasteiger partial charge in [-0.2, -0.15) is 0 Å². The maximum absolute atomic E-state index is 9.81. The molecule has 0 amide bonds. The maximum atomic E-state index is 9.81. The molecule has 2 unspecified atom stereocenters. The summed E-state index contributed by atoms with van der Waals surface area (Å²) < 4.78 is 0. The Labute approximate surface area is 97.9 Å². The van der Waals surface area contributed by atoms with Crippen LogP contribution in [0.4, 0.5) is 5.69 Å². The number of aliphatic hydroxyl groups is 1. The SMILES string of the molecule is CC(O)c1cccc2c1C(C)CN2C(C)C. The van der Waals surface area contributed by atoms with Gasteiger partial charge in [0.05, 0.1) is 6.10 Å². The molecule has 2 atom stereocenters. The van der Waals surface area contributed by atoms with E-state index < -0.39 is 0 Å². The van der Waals surface area contributed by atoms with Crippen LogP contribution < -0.4 is 4.90 Å². The fraction of sp³-hybridized carbons (Fsp3) is 0.571. The summed E-state index contributed by atoms with van der Waals surface area (Å²) in [5.74, 6) is 0.517. The fourth-order valence-corrected chi connectivity index (χ4v) is 2.70. The van der Waals surface area contributed by atoms with Gasteiger partial charge >= 0.3 is 0 Å². The zero-order valence-corrected chi connectivity index (χ0v) is 10.6. The van der Waals surface area contributed by atoms with E-state index in [1.54, 1.807) is 0 Å². The van der Waals surface area contributed by atoms with Crippen LogP contribution in [0.25, 0.3) is 0 Å².